The Morgan fingerprint density at radius 3 is 2.86 bits per heavy atom. The van der Waals surface area contributed by atoms with Crippen LogP contribution in [0.15, 0.2) is 30.3 Å². The van der Waals surface area contributed by atoms with E-state index in [2.05, 4.69) is 47.2 Å². The van der Waals surface area contributed by atoms with Gasteiger partial charge in [0, 0.05) is 26.1 Å². The third-order valence-electron chi connectivity index (χ3n) is 4.12. The van der Waals surface area contributed by atoms with E-state index < -0.39 is 5.97 Å². The molecule has 0 aliphatic carbocycles. The summed E-state index contributed by atoms with van der Waals surface area (Å²) < 4.78 is 0. The van der Waals surface area contributed by atoms with Crippen LogP contribution in [0, 0.1) is 5.92 Å². The normalized spacial score (nSPS) is 19.2. The van der Waals surface area contributed by atoms with Gasteiger partial charge in [0.2, 0.25) is 0 Å². The Balaban J connectivity index is 1.66. The monoisotopic (exact) mass is 290 g/mol. The van der Waals surface area contributed by atoms with Gasteiger partial charge in [0.25, 0.3) is 0 Å². The van der Waals surface area contributed by atoms with Gasteiger partial charge in [-0.25, -0.2) is 0 Å². The second-order valence-corrected chi connectivity index (χ2v) is 6.13. The van der Waals surface area contributed by atoms with Crippen LogP contribution in [0.5, 0.6) is 0 Å². The lowest BCUT2D eigenvalue weighted by molar-refractivity contribution is -0.137. The Kier molecular flexibility index (Phi) is 6.21. The van der Waals surface area contributed by atoms with E-state index in [0.717, 1.165) is 32.6 Å². The molecule has 2 rings (SSSR count). The molecule has 1 aromatic rings. The van der Waals surface area contributed by atoms with Crippen LogP contribution in [0.2, 0.25) is 0 Å². The summed E-state index contributed by atoms with van der Waals surface area (Å²) in [7, 11) is 2.10. The molecule has 21 heavy (non-hydrogen) atoms. The van der Waals surface area contributed by atoms with Crippen molar-refractivity contribution in [3.05, 3.63) is 35.9 Å². The standard InChI is InChI=1S/C17H26N2O2/c1-18(10-5-8-17(20)21)12-16-9-11-19(14-16)13-15-6-3-2-4-7-15/h2-4,6-7,16H,5,8-14H2,1H3,(H,20,21). The summed E-state index contributed by atoms with van der Waals surface area (Å²) in [5.41, 5.74) is 1.38. The summed E-state index contributed by atoms with van der Waals surface area (Å²) in [6, 6.07) is 10.6. The third-order valence-corrected chi connectivity index (χ3v) is 4.12. The molecule has 1 fully saturated rings. The van der Waals surface area contributed by atoms with Gasteiger partial charge in [-0.15, -0.1) is 0 Å². The average Bonchev–Trinajstić information content (AvgIpc) is 2.86. The zero-order valence-corrected chi connectivity index (χ0v) is 12.9. The molecule has 1 unspecified atom stereocenters. The molecule has 0 spiro atoms. The highest BCUT2D eigenvalue weighted by Gasteiger charge is 2.23. The molecule has 1 aliphatic heterocycles. The quantitative estimate of drug-likeness (QED) is 0.798. The maximum atomic E-state index is 10.5. The topological polar surface area (TPSA) is 43.8 Å². The van der Waals surface area contributed by atoms with E-state index in [4.69, 9.17) is 5.11 Å². The van der Waals surface area contributed by atoms with E-state index >= 15 is 0 Å². The van der Waals surface area contributed by atoms with Crippen molar-refractivity contribution < 1.29 is 9.90 Å². The fraction of sp³-hybridized carbons (Fsp3) is 0.588. The average molecular weight is 290 g/mol. The maximum Gasteiger partial charge on any atom is 0.303 e. The molecule has 0 aromatic heterocycles. The number of rotatable bonds is 8. The Bertz CT molecular complexity index is 436. The van der Waals surface area contributed by atoms with Crippen molar-refractivity contribution in [3.8, 4) is 0 Å². The van der Waals surface area contributed by atoms with Gasteiger partial charge in [0.05, 0.1) is 0 Å². The molecule has 116 valence electrons. The van der Waals surface area contributed by atoms with Gasteiger partial charge >= 0.3 is 5.97 Å². The van der Waals surface area contributed by atoms with Crippen molar-refractivity contribution in [2.45, 2.75) is 25.8 Å². The number of carboxylic acids is 1. The number of hydrogen-bond donors (Lipinski definition) is 1. The second kappa shape index (κ2) is 8.15. The summed E-state index contributed by atoms with van der Waals surface area (Å²) in [5, 5.41) is 8.66. The summed E-state index contributed by atoms with van der Waals surface area (Å²) in [5.74, 6) is 0.0156. The third kappa shape index (κ3) is 5.86. The molecule has 0 saturated carbocycles. The van der Waals surface area contributed by atoms with Crippen molar-refractivity contribution in [1.82, 2.24) is 9.80 Å². The molecule has 4 heteroatoms. The minimum atomic E-state index is -0.696. The Morgan fingerprint density at radius 1 is 1.38 bits per heavy atom. The van der Waals surface area contributed by atoms with Gasteiger partial charge < -0.3 is 10.0 Å². The van der Waals surface area contributed by atoms with Gasteiger partial charge in [-0.1, -0.05) is 30.3 Å². The molecule has 0 bridgehead atoms. The molecule has 4 nitrogen and oxygen atoms in total. The summed E-state index contributed by atoms with van der Waals surface area (Å²) >= 11 is 0. The van der Waals surface area contributed by atoms with Crippen LogP contribution in [-0.4, -0.2) is 54.1 Å². The van der Waals surface area contributed by atoms with Crippen LogP contribution >= 0.6 is 0 Å². The smallest absolute Gasteiger partial charge is 0.303 e. The van der Waals surface area contributed by atoms with E-state index in [0.29, 0.717) is 5.92 Å². The largest absolute Gasteiger partial charge is 0.481 e. The first-order valence-corrected chi connectivity index (χ1v) is 7.80. The van der Waals surface area contributed by atoms with Crippen molar-refractivity contribution >= 4 is 5.97 Å². The fourth-order valence-electron chi connectivity index (χ4n) is 3.08. The highest BCUT2D eigenvalue weighted by Crippen LogP contribution is 2.19. The molecule has 1 N–H and O–H groups in total. The molecule has 0 radical (unpaired) electrons. The minimum Gasteiger partial charge on any atom is -0.481 e. The van der Waals surface area contributed by atoms with Gasteiger partial charge in [-0.3, -0.25) is 9.69 Å². The molecule has 1 heterocycles. The molecule has 1 atom stereocenters. The Labute approximate surface area is 127 Å². The number of carboxylic acid groups (broad SMARTS) is 1. The van der Waals surface area contributed by atoms with E-state index in [1.54, 1.807) is 0 Å². The molecular weight excluding hydrogens is 264 g/mol. The van der Waals surface area contributed by atoms with Crippen molar-refractivity contribution in [3.63, 3.8) is 0 Å². The molecular formula is C17H26N2O2. The highest BCUT2D eigenvalue weighted by atomic mass is 16.4. The summed E-state index contributed by atoms with van der Waals surface area (Å²) in [4.78, 5) is 15.3. The van der Waals surface area contributed by atoms with E-state index in [-0.39, 0.29) is 6.42 Å². The lowest BCUT2D eigenvalue weighted by atomic mass is 10.1. The van der Waals surface area contributed by atoms with Crippen LogP contribution < -0.4 is 0 Å². The van der Waals surface area contributed by atoms with Gasteiger partial charge in [0.1, 0.15) is 0 Å². The molecule has 1 saturated heterocycles. The van der Waals surface area contributed by atoms with Crippen LogP contribution in [0.4, 0.5) is 0 Å². The molecule has 0 amide bonds. The Morgan fingerprint density at radius 2 is 2.14 bits per heavy atom. The van der Waals surface area contributed by atoms with Crippen LogP contribution in [-0.2, 0) is 11.3 Å². The van der Waals surface area contributed by atoms with Crippen LogP contribution in [0.3, 0.4) is 0 Å². The fourth-order valence-corrected chi connectivity index (χ4v) is 3.08. The number of hydrogen-bond acceptors (Lipinski definition) is 3. The zero-order valence-electron chi connectivity index (χ0n) is 12.9. The highest BCUT2D eigenvalue weighted by molar-refractivity contribution is 5.66. The van der Waals surface area contributed by atoms with Gasteiger partial charge in [0.15, 0.2) is 0 Å². The van der Waals surface area contributed by atoms with Gasteiger partial charge in [-0.2, -0.15) is 0 Å². The minimum absolute atomic E-state index is 0.273. The first kappa shape index (κ1) is 16.0. The number of carbonyl (C=O) groups is 1. The van der Waals surface area contributed by atoms with Gasteiger partial charge in [-0.05, 0) is 44.5 Å². The van der Waals surface area contributed by atoms with Crippen LogP contribution in [0.1, 0.15) is 24.8 Å². The van der Waals surface area contributed by atoms with E-state index in [9.17, 15) is 4.79 Å². The van der Waals surface area contributed by atoms with Crippen molar-refractivity contribution in [2.75, 3.05) is 33.2 Å². The first-order valence-electron chi connectivity index (χ1n) is 7.80. The SMILES string of the molecule is CN(CCCC(=O)O)CC1CCN(Cc2ccccc2)C1. The van der Waals surface area contributed by atoms with Crippen molar-refractivity contribution in [2.24, 2.45) is 5.92 Å². The molecule has 1 aromatic carbocycles. The number of nitrogens with zero attached hydrogens (tertiary/aromatic N) is 2. The maximum absolute atomic E-state index is 10.5. The predicted molar refractivity (Wildman–Crippen MR) is 84.2 cm³/mol. The number of likely N-dealkylation sites (tertiary alicyclic amines) is 1. The second-order valence-electron chi connectivity index (χ2n) is 6.13. The first-order chi connectivity index (χ1) is 10.1. The summed E-state index contributed by atoms with van der Waals surface area (Å²) in [6.45, 7) is 5.31. The summed E-state index contributed by atoms with van der Waals surface area (Å²) in [6.07, 6.45) is 2.26. The predicted octanol–water partition coefficient (Wildman–Crippen LogP) is 2.31. The van der Waals surface area contributed by atoms with Crippen LogP contribution in [0.25, 0.3) is 0 Å². The zero-order chi connectivity index (χ0) is 15.1. The number of benzene rings is 1. The van der Waals surface area contributed by atoms with E-state index in [1.807, 2.05) is 0 Å². The Hall–Kier alpha value is -1.39. The lowest BCUT2D eigenvalue weighted by Gasteiger charge is -2.21. The van der Waals surface area contributed by atoms with Crippen molar-refractivity contribution in [1.29, 1.82) is 0 Å². The number of aliphatic carboxylic acids is 1. The lowest BCUT2D eigenvalue weighted by Crippen LogP contribution is -2.29. The van der Waals surface area contributed by atoms with E-state index in [1.165, 1.54) is 18.5 Å². The molecule has 1 aliphatic rings.